The molecule has 112 valence electrons. The molecule has 7 heteroatoms. The Hall–Kier alpha value is -1.34. The number of aromatic nitrogens is 1. The number of nitrogen functional groups attached to an aromatic ring is 1. The first-order chi connectivity index (χ1) is 9.78. The van der Waals surface area contributed by atoms with Crippen molar-refractivity contribution in [2.75, 3.05) is 22.6 Å². The minimum absolute atomic E-state index is 0.141. The fraction of sp³-hybridized carbons (Fsp3) is 0.357. The van der Waals surface area contributed by atoms with Gasteiger partial charge < -0.3 is 11.1 Å². The van der Waals surface area contributed by atoms with Crippen LogP contribution in [-0.2, 0) is 9.84 Å². The summed E-state index contributed by atoms with van der Waals surface area (Å²) < 4.78 is 24.3. The zero-order valence-electron chi connectivity index (χ0n) is 11.6. The first-order valence-electron chi connectivity index (χ1n) is 6.60. The van der Waals surface area contributed by atoms with Gasteiger partial charge in [0.25, 0.3) is 0 Å². The molecule has 0 spiro atoms. The first kappa shape index (κ1) is 14.6. The number of nitrogens with one attached hydrogen (secondary N) is 1. The van der Waals surface area contributed by atoms with Crippen molar-refractivity contribution < 1.29 is 8.42 Å². The number of halogens is 1. The minimum atomic E-state index is -2.96. The normalized spacial score (nSPS) is 24.3. The average molecular weight is 370 g/mol. The maximum Gasteiger partial charge on any atom is 0.152 e. The third kappa shape index (κ3) is 2.85. The van der Waals surface area contributed by atoms with E-state index in [4.69, 9.17) is 5.73 Å². The number of benzene rings is 1. The van der Waals surface area contributed by atoms with Crippen LogP contribution in [0.15, 0.2) is 28.9 Å². The summed E-state index contributed by atoms with van der Waals surface area (Å²) in [4.78, 5) is 4.41. The van der Waals surface area contributed by atoms with Gasteiger partial charge >= 0.3 is 0 Å². The Morgan fingerprint density at radius 3 is 2.86 bits per heavy atom. The summed E-state index contributed by atoms with van der Waals surface area (Å²) in [6.45, 7) is 1.93. The molecular formula is C14H16BrN3O2S. The lowest BCUT2D eigenvalue weighted by Crippen LogP contribution is -2.36. The molecule has 2 aromatic rings. The van der Waals surface area contributed by atoms with Gasteiger partial charge in [0.1, 0.15) is 0 Å². The molecule has 1 aliphatic rings. The number of anilines is 2. The number of nitrogens with zero attached hydrogens (tertiary/aromatic N) is 1. The van der Waals surface area contributed by atoms with Crippen LogP contribution in [0.2, 0.25) is 0 Å². The lowest BCUT2D eigenvalue weighted by molar-refractivity contribution is 0.574. The highest BCUT2D eigenvalue weighted by Gasteiger charge is 2.38. The van der Waals surface area contributed by atoms with E-state index in [9.17, 15) is 8.42 Å². The van der Waals surface area contributed by atoms with E-state index in [0.29, 0.717) is 12.1 Å². The van der Waals surface area contributed by atoms with E-state index in [2.05, 4.69) is 26.2 Å². The van der Waals surface area contributed by atoms with Gasteiger partial charge in [-0.3, -0.25) is 4.98 Å². The van der Waals surface area contributed by atoms with E-state index < -0.39 is 15.4 Å². The van der Waals surface area contributed by atoms with E-state index in [1.807, 2.05) is 25.1 Å². The molecule has 0 bridgehead atoms. The highest BCUT2D eigenvalue weighted by atomic mass is 79.9. The van der Waals surface area contributed by atoms with Crippen molar-refractivity contribution in [3.05, 3.63) is 28.9 Å². The lowest BCUT2D eigenvalue weighted by Gasteiger charge is -2.26. The Morgan fingerprint density at radius 1 is 1.43 bits per heavy atom. The molecule has 5 nitrogen and oxygen atoms in total. The number of fused-ring (bicyclic) bond motifs is 1. The number of hydrogen-bond acceptors (Lipinski definition) is 5. The Morgan fingerprint density at radius 2 is 2.19 bits per heavy atom. The van der Waals surface area contributed by atoms with Crippen LogP contribution in [0.5, 0.6) is 0 Å². The predicted octanol–water partition coefficient (Wildman–Crippen LogP) is 2.57. The van der Waals surface area contributed by atoms with Crippen molar-refractivity contribution in [2.24, 2.45) is 0 Å². The molecule has 1 fully saturated rings. The van der Waals surface area contributed by atoms with E-state index in [0.717, 1.165) is 21.1 Å². The van der Waals surface area contributed by atoms with E-state index in [1.165, 1.54) is 0 Å². The van der Waals surface area contributed by atoms with Crippen molar-refractivity contribution in [3.8, 4) is 0 Å². The van der Waals surface area contributed by atoms with Crippen molar-refractivity contribution in [1.29, 1.82) is 0 Å². The van der Waals surface area contributed by atoms with Crippen LogP contribution in [-0.4, -0.2) is 30.4 Å². The predicted molar refractivity (Wildman–Crippen MR) is 89.2 cm³/mol. The van der Waals surface area contributed by atoms with Gasteiger partial charge in [-0.15, -0.1) is 0 Å². The SMILES string of the molecule is CC1(Nc2ccc(N)c3cc(Br)cnc23)CCS(=O)(=O)C1. The monoisotopic (exact) mass is 369 g/mol. The van der Waals surface area contributed by atoms with Crippen LogP contribution in [0.25, 0.3) is 10.9 Å². The molecule has 21 heavy (non-hydrogen) atoms. The number of pyridine rings is 1. The molecule has 1 atom stereocenters. The van der Waals surface area contributed by atoms with Crippen molar-refractivity contribution >= 4 is 48.0 Å². The van der Waals surface area contributed by atoms with Crippen molar-refractivity contribution in [3.63, 3.8) is 0 Å². The van der Waals surface area contributed by atoms with Crippen LogP contribution in [0.3, 0.4) is 0 Å². The summed E-state index contributed by atoms with van der Waals surface area (Å²) in [6.07, 6.45) is 2.30. The summed E-state index contributed by atoms with van der Waals surface area (Å²) in [6, 6.07) is 5.58. The zero-order valence-corrected chi connectivity index (χ0v) is 14.0. The van der Waals surface area contributed by atoms with E-state index in [-0.39, 0.29) is 11.5 Å². The van der Waals surface area contributed by atoms with Gasteiger partial charge in [-0.25, -0.2) is 8.42 Å². The van der Waals surface area contributed by atoms with Crippen molar-refractivity contribution in [2.45, 2.75) is 18.9 Å². The summed E-state index contributed by atoms with van der Waals surface area (Å²) in [5, 5.41) is 4.20. The number of nitrogens with two attached hydrogens (primary N) is 1. The third-order valence-corrected chi connectivity index (χ3v) is 6.13. The smallest absolute Gasteiger partial charge is 0.152 e. The van der Waals surface area contributed by atoms with Crippen LogP contribution in [0.1, 0.15) is 13.3 Å². The van der Waals surface area contributed by atoms with E-state index >= 15 is 0 Å². The average Bonchev–Trinajstić information content (AvgIpc) is 2.67. The summed E-state index contributed by atoms with van der Waals surface area (Å²) in [7, 11) is -2.96. The molecule has 3 N–H and O–H groups in total. The molecule has 2 heterocycles. The topological polar surface area (TPSA) is 85.1 Å². The number of sulfone groups is 1. The molecule has 1 aliphatic heterocycles. The second kappa shape index (κ2) is 4.84. The molecule has 0 radical (unpaired) electrons. The highest BCUT2D eigenvalue weighted by Crippen LogP contribution is 2.33. The molecule has 1 unspecified atom stereocenters. The van der Waals surface area contributed by atoms with Crippen molar-refractivity contribution in [1.82, 2.24) is 4.98 Å². The molecule has 1 aromatic carbocycles. The van der Waals surface area contributed by atoms with Gasteiger partial charge in [-0.1, -0.05) is 0 Å². The quantitative estimate of drug-likeness (QED) is 0.794. The van der Waals surface area contributed by atoms with Gasteiger partial charge in [-0.05, 0) is 47.5 Å². The summed E-state index contributed by atoms with van der Waals surface area (Å²) in [5.74, 6) is 0.366. The second-order valence-corrected chi connectivity index (χ2v) is 8.88. The molecule has 0 amide bonds. The van der Waals surface area contributed by atoms with Gasteiger partial charge in [0.05, 0.1) is 22.7 Å². The maximum absolute atomic E-state index is 11.7. The number of hydrogen-bond donors (Lipinski definition) is 2. The Bertz CT molecular complexity index is 822. The van der Waals surface area contributed by atoms with Crippen LogP contribution in [0, 0.1) is 0 Å². The summed E-state index contributed by atoms with van der Waals surface area (Å²) in [5.41, 5.74) is 7.74. The molecule has 1 saturated heterocycles. The standard InChI is InChI=1S/C14H16BrN3O2S/c1-14(4-5-21(19,20)8-14)18-12-3-2-11(16)10-6-9(15)7-17-13(10)12/h2-3,6-7,18H,4-5,8,16H2,1H3. The Labute approximate surface area is 132 Å². The van der Waals surface area contributed by atoms with Crippen LogP contribution >= 0.6 is 15.9 Å². The highest BCUT2D eigenvalue weighted by molar-refractivity contribution is 9.10. The Kier molecular flexibility index (Phi) is 3.37. The Balaban J connectivity index is 2.04. The largest absolute Gasteiger partial charge is 0.398 e. The zero-order chi connectivity index (χ0) is 15.3. The van der Waals surface area contributed by atoms with Gasteiger partial charge in [0.2, 0.25) is 0 Å². The van der Waals surface area contributed by atoms with Gasteiger partial charge in [0.15, 0.2) is 9.84 Å². The van der Waals surface area contributed by atoms with Gasteiger partial charge in [-0.2, -0.15) is 0 Å². The fourth-order valence-corrected chi connectivity index (χ4v) is 5.18. The maximum atomic E-state index is 11.7. The third-order valence-electron chi connectivity index (χ3n) is 3.79. The van der Waals surface area contributed by atoms with E-state index in [1.54, 1.807) is 6.20 Å². The minimum Gasteiger partial charge on any atom is -0.398 e. The van der Waals surface area contributed by atoms with Gasteiger partial charge in [0, 0.05) is 27.3 Å². The fourth-order valence-electron chi connectivity index (χ4n) is 2.75. The summed E-state index contributed by atoms with van der Waals surface area (Å²) >= 11 is 3.39. The molecule has 1 aromatic heterocycles. The molecule has 0 saturated carbocycles. The second-order valence-electron chi connectivity index (χ2n) is 5.78. The van der Waals surface area contributed by atoms with Crippen LogP contribution < -0.4 is 11.1 Å². The lowest BCUT2D eigenvalue weighted by atomic mass is 10.0. The molecular weight excluding hydrogens is 354 g/mol. The molecule has 3 rings (SSSR count). The first-order valence-corrected chi connectivity index (χ1v) is 9.22. The number of rotatable bonds is 2. The molecule has 0 aliphatic carbocycles. The van der Waals surface area contributed by atoms with Crippen LogP contribution in [0.4, 0.5) is 11.4 Å².